The zero-order valence-corrected chi connectivity index (χ0v) is 9.55. The molecule has 3 heteroatoms. The number of nitrogens with one attached hydrogen (secondary N) is 1. The Balaban J connectivity index is 2.59. The molecule has 0 aliphatic carbocycles. The highest BCUT2D eigenvalue weighted by atomic mass is 16.2. The third-order valence-electron chi connectivity index (χ3n) is 3.58. The minimum atomic E-state index is -0.289. The van der Waals surface area contributed by atoms with Gasteiger partial charge in [-0.2, -0.15) is 0 Å². The highest BCUT2D eigenvalue weighted by Crippen LogP contribution is 2.41. The van der Waals surface area contributed by atoms with Crippen LogP contribution in [0.5, 0.6) is 0 Å². The van der Waals surface area contributed by atoms with Crippen molar-refractivity contribution in [3.05, 3.63) is 23.8 Å². The fraction of sp³-hybridized carbons (Fsp3) is 0.417. The molecule has 78 valence electrons. The summed E-state index contributed by atoms with van der Waals surface area (Å²) in [7, 11) is 2.05. The summed E-state index contributed by atoms with van der Waals surface area (Å²) in [5.74, 6) is 0.160. The Hall–Kier alpha value is -1.25. The minimum Gasteiger partial charge on any atom is -0.325 e. The highest BCUT2D eigenvalue weighted by molar-refractivity contribution is 6.33. The maximum absolute atomic E-state index is 12.0. The van der Waals surface area contributed by atoms with E-state index in [4.69, 9.17) is 0 Å². The molecule has 2 nitrogen and oxygen atoms in total. The van der Waals surface area contributed by atoms with Gasteiger partial charge in [0.2, 0.25) is 5.91 Å². The standard InChI is InChI=1S/C12H16BNO/c1-3-12(4-2)9-6-5-8(13)7-10(9)14-11(12)15/h5-7H,3-4,13H2,1-2H3,(H,14,15). The van der Waals surface area contributed by atoms with Crippen molar-refractivity contribution in [3.8, 4) is 0 Å². The van der Waals surface area contributed by atoms with E-state index in [0.717, 1.165) is 18.5 Å². The summed E-state index contributed by atoms with van der Waals surface area (Å²) >= 11 is 0. The fourth-order valence-electron chi connectivity index (χ4n) is 2.50. The number of hydrogen-bond acceptors (Lipinski definition) is 1. The van der Waals surface area contributed by atoms with Crippen molar-refractivity contribution in [3.63, 3.8) is 0 Å². The lowest BCUT2D eigenvalue weighted by molar-refractivity contribution is -0.121. The van der Waals surface area contributed by atoms with Crippen molar-refractivity contribution in [1.82, 2.24) is 0 Å². The molecule has 1 N–H and O–H groups in total. The summed E-state index contributed by atoms with van der Waals surface area (Å²) in [5, 5.41) is 2.99. The van der Waals surface area contributed by atoms with E-state index in [1.165, 1.54) is 11.0 Å². The predicted molar refractivity (Wildman–Crippen MR) is 65.5 cm³/mol. The van der Waals surface area contributed by atoms with Gasteiger partial charge in [-0.05, 0) is 24.5 Å². The first kappa shape index (κ1) is 10.3. The van der Waals surface area contributed by atoms with Crippen LogP contribution in [0.3, 0.4) is 0 Å². The molecule has 0 spiro atoms. The molecule has 1 aliphatic heterocycles. The Morgan fingerprint density at radius 2 is 2.00 bits per heavy atom. The lowest BCUT2D eigenvalue weighted by atomic mass is 9.76. The Morgan fingerprint density at radius 3 is 2.60 bits per heavy atom. The maximum atomic E-state index is 12.0. The van der Waals surface area contributed by atoms with E-state index < -0.39 is 0 Å². The first-order valence-electron chi connectivity index (χ1n) is 5.56. The third kappa shape index (κ3) is 1.29. The van der Waals surface area contributed by atoms with Crippen LogP contribution in [-0.2, 0) is 10.2 Å². The molecule has 1 aliphatic rings. The predicted octanol–water partition coefficient (Wildman–Crippen LogP) is 0.955. The van der Waals surface area contributed by atoms with Crippen LogP contribution in [0.15, 0.2) is 18.2 Å². The van der Waals surface area contributed by atoms with Gasteiger partial charge >= 0.3 is 0 Å². The van der Waals surface area contributed by atoms with E-state index in [9.17, 15) is 4.79 Å². The van der Waals surface area contributed by atoms with E-state index in [1.54, 1.807) is 0 Å². The second-order valence-corrected chi connectivity index (χ2v) is 4.29. The van der Waals surface area contributed by atoms with Crippen LogP contribution in [0, 0.1) is 0 Å². The third-order valence-corrected chi connectivity index (χ3v) is 3.58. The summed E-state index contributed by atoms with van der Waals surface area (Å²) < 4.78 is 0. The van der Waals surface area contributed by atoms with Crippen LogP contribution in [0.25, 0.3) is 0 Å². The molecule has 0 atom stereocenters. The highest BCUT2D eigenvalue weighted by Gasteiger charge is 2.43. The summed E-state index contributed by atoms with van der Waals surface area (Å²) in [4.78, 5) is 12.0. The number of rotatable bonds is 2. The van der Waals surface area contributed by atoms with E-state index in [1.807, 2.05) is 7.85 Å². The van der Waals surface area contributed by atoms with Crippen LogP contribution in [-0.4, -0.2) is 13.8 Å². The zero-order chi connectivity index (χ0) is 11.1. The maximum Gasteiger partial charge on any atom is 0.235 e. The Kier molecular flexibility index (Phi) is 2.33. The van der Waals surface area contributed by atoms with Crippen molar-refractivity contribution in [2.24, 2.45) is 0 Å². The molecular weight excluding hydrogens is 185 g/mol. The van der Waals surface area contributed by atoms with Gasteiger partial charge in [-0.1, -0.05) is 31.4 Å². The molecule has 0 saturated heterocycles. The normalized spacial score (nSPS) is 17.3. The van der Waals surface area contributed by atoms with Crippen LogP contribution < -0.4 is 10.8 Å². The van der Waals surface area contributed by atoms with Gasteiger partial charge in [-0.15, -0.1) is 0 Å². The number of amides is 1. The van der Waals surface area contributed by atoms with Crippen LogP contribution in [0.4, 0.5) is 5.69 Å². The smallest absolute Gasteiger partial charge is 0.235 e. The largest absolute Gasteiger partial charge is 0.325 e. The molecule has 2 rings (SSSR count). The van der Waals surface area contributed by atoms with Gasteiger partial charge in [0.05, 0.1) is 5.41 Å². The number of carbonyl (C=O) groups excluding carboxylic acids is 1. The average molecular weight is 201 g/mol. The molecule has 0 unspecified atom stereocenters. The summed E-state index contributed by atoms with van der Waals surface area (Å²) in [6.07, 6.45) is 1.73. The molecule has 1 amide bonds. The van der Waals surface area contributed by atoms with E-state index in [2.05, 4.69) is 37.4 Å². The Labute approximate surface area is 91.5 Å². The first-order valence-corrected chi connectivity index (χ1v) is 5.56. The molecule has 0 saturated carbocycles. The summed E-state index contributed by atoms with van der Waals surface area (Å²) in [6.45, 7) is 4.16. The van der Waals surface area contributed by atoms with E-state index >= 15 is 0 Å². The second kappa shape index (κ2) is 3.40. The molecule has 1 aromatic carbocycles. The van der Waals surface area contributed by atoms with Crippen molar-refractivity contribution in [2.45, 2.75) is 32.1 Å². The van der Waals surface area contributed by atoms with Crippen LogP contribution in [0.2, 0.25) is 0 Å². The Bertz CT molecular complexity index is 410. The second-order valence-electron chi connectivity index (χ2n) is 4.29. The zero-order valence-electron chi connectivity index (χ0n) is 9.55. The van der Waals surface area contributed by atoms with E-state index in [-0.39, 0.29) is 11.3 Å². The number of benzene rings is 1. The van der Waals surface area contributed by atoms with Crippen molar-refractivity contribution < 1.29 is 4.79 Å². The van der Waals surface area contributed by atoms with Gasteiger partial charge in [-0.25, -0.2) is 0 Å². The van der Waals surface area contributed by atoms with Gasteiger partial charge in [-0.3, -0.25) is 4.79 Å². The van der Waals surface area contributed by atoms with Gasteiger partial charge in [0.1, 0.15) is 7.85 Å². The molecule has 15 heavy (non-hydrogen) atoms. The Morgan fingerprint density at radius 1 is 1.33 bits per heavy atom. The van der Waals surface area contributed by atoms with Crippen LogP contribution in [0.1, 0.15) is 32.3 Å². The quantitative estimate of drug-likeness (QED) is 0.709. The van der Waals surface area contributed by atoms with Crippen molar-refractivity contribution >= 4 is 24.9 Å². The topological polar surface area (TPSA) is 29.1 Å². The number of fused-ring (bicyclic) bond motifs is 1. The number of carbonyl (C=O) groups is 1. The molecule has 0 radical (unpaired) electrons. The molecule has 1 aromatic rings. The van der Waals surface area contributed by atoms with Gasteiger partial charge in [0.25, 0.3) is 0 Å². The molecular formula is C12H16BNO. The monoisotopic (exact) mass is 201 g/mol. The van der Waals surface area contributed by atoms with Crippen molar-refractivity contribution in [1.29, 1.82) is 0 Å². The summed E-state index contributed by atoms with van der Waals surface area (Å²) in [6, 6.07) is 6.23. The first-order chi connectivity index (χ1) is 7.14. The fourth-order valence-corrected chi connectivity index (χ4v) is 2.50. The van der Waals surface area contributed by atoms with Gasteiger partial charge < -0.3 is 5.32 Å². The minimum absolute atomic E-state index is 0.160. The average Bonchev–Trinajstić information content (AvgIpc) is 2.49. The van der Waals surface area contributed by atoms with Crippen LogP contribution >= 0.6 is 0 Å². The lowest BCUT2D eigenvalue weighted by Crippen LogP contribution is -2.32. The number of hydrogen-bond donors (Lipinski definition) is 1. The molecule has 0 fully saturated rings. The molecule has 1 heterocycles. The van der Waals surface area contributed by atoms with Gasteiger partial charge in [0, 0.05) is 5.69 Å². The van der Waals surface area contributed by atoms with Crippen molar-refractivity contribution in [2.75, 3.05) is 5.32 Å². The van der Waals surface area contributed by atoms with E-state index in [0.29, 0.717) is 0 Å². The molecule has 0 bridgehead atoms. The SMILES string of the molecule is Bc1ccc2c(c1)NC(=O)C2(CC)CC. The number of anilines is 1. The summed E-state index contributed by atoms with van der Waals surface area (Å²) in [5.41, 5.74) is 3.08. The lowest BCUT2D eigenvalue weighted by Gasteiger charge is -2.23. The van der Waals surface area contributed by atoms with Gasteiger partial charge in [0.15, 0.2) is 0 Å². The molecule has 0 aromatic heterocycles.